The predicted molar refractivity (Wildman–Crippen MR) is 116 cm³/mol. The van der Waals surface area contributed by atoms with Crippen LogP contribution in [0, 0.1) is 0 Å². The summed E-state index contributed by atoms with van der Waals surface area (Å²) >= 11 is 5.99. The van der Waals surface area contributed by atoms with Crippen molar-refractivity contribution < 1.29 is 19.1 Å². The van der Waals surface area contributed by atoms with Gasteiger partial charge in [-0.05, 0) is 62.7 Å². The van der Waals surface area contributed by atoms with Crippen molar-refractivity contribution in [2.75, 3.05) is 11.9 Å². The van der Waals surface area contributed by atoms with Crippen LogP contribution >= 0.6 is 11.6 Å². The fraction of sp³-hybridized carbons (Fsp3) is 0.238. The summed E-state index contributed by atoms with van der Waals surface area (Å²) in [4.78, 5) is 35.3. The second-order valence-corrected chi connectivity index (χ2v) is 7.70. The van der Waals surface area contributed by atoms with Crippen molar-refractivity contribution >= 4 is 41.2 Å². The Balaban J connectivity index is 1.80. The van der Waals surface area contributed by atoms with E-state index >= 15 is 0 Å². The van der Waals surface area contributed by atoms with Crippen LogP contribution in [-0.2, 0) is 14.4 Å². The lowest BCUT2D eigenvalue weighted by molar-refractivity contribution is -0.140. The average molecular weight is 431 g/mol. The van der Waals surface area contributed by atoms with E-state index in [1.165, 1.54) is 6.21 Å². The molecule has 0 radical (unpaired) electrons. The monoisotopic (exact) mass is 430 g/mol. The maximum Gasteiger partial charge on any atom is 0.329 e. The van der Waals surface area contributed by atoms with Crippen molar-refractivity contribution in [2.45, 2.75) is 26.3 Å². The fourth-order valence-corrected chi connectivity index (χ4v) is 2.34. The Morgan fingerprint density at radius 3 is 2.33 bits per heavy atom. The smallest absolute Gasteiger partial charge is 0.329 e. The minimum Gasteiger partial charge on any atom is -0.484 e. The molecular formula is C21H23ClN4O4. The second-order valence-electron chi connectivity index (χ2n) is 7.29. The minimum absolute atomic E-state index is 0.183. The average Bonchev–Trinajstić information content (AvgIpc) is 2.68. The molecule has 0 fully saturated rings. The summed E-state index contributed by atoms with van der Waals surface area (Å²) in [5.74, 6) is -1.48. The quantitative estimate of drug-likeness (QED) is 0.372. The number of para-hydroxylation sites is 1. The van der Waals surface area contributed by atoms with E-state index in [4.69, 9.17) is 16.3 Å². The molecule has 0 bridgehead atoms. The van der Waals surface area contributed by atoms with Gasteiger partial charge in [-0.2, -0.15) is 5.10 Å². The predicted octanol–water partition coefficient (Wildman–Crippen LogP) is 2.72. The molecule has 0 aliphatic carbocycles. The van der Waals surface area contributed by atoms with E-state index in [1.807, 2.05) is 0 Å². The summed E-state index contributed by atoms with van der Waals surface area (Å²) in [5.41, 5.74) is 2.82. The van der Waals surface area contributed by atoms with Gasteiger partial charge in [-0.1, -0.05) is 23.7 Å². The third kappa shape index (κ3) is 7.92. The molecule has 0 atom stereocenters. The molecule has 2 aromatic rings. The molecule has 2 aromatic carbocycles. The SMILES string of the molecule is CC(C)(C)NC(=O)C(=O)N/N=C\c1ccc(OCC(=O)Nc2ccccc2Cl)cc1. The molecule has 0 spiro atoms. The first-order chi connectivity index (χ1) is 14.1. The van der Waals surface area contributed by atoms with Gasteiger partial charge in [-0.3, -0.25) is 14.4 Å². The summed E-state index contributed by atoms with van der Waals surface area (Å²) in [7, 11) is 0. The van der Waals surface area contributed by atoms with Gasteiger partial charge < -0.3 is 15.4 Å². The summed E-state index contributed by atoms with van der Waals surface area (Å²) < 4.78 is 5.43. The first kappa shape index (κ1) is 22.9. The highest BCUT2D eigenvalue weighted by Gasteiger charge is 2.19. The Labute approximate surface area is 179 Å². The van der Waals surface area contributed by atoms with Crippen molar-refractivity contribution in [3.63, 3.8) is 0 Å². The zero-order valence-electron chi connectivity index (χ0n) is 16.9. The van der Waals surface area contributed by atoms with Gasteiger partial charge in [-0.15, -0.1) is 0 Å². The number of rotatable bonds is 6. The summed E-state index contributed by atoms with van der Waals surface area (Å²) in [6, 6.07) is 13.6. The first-order valence-electron chi connectivity index (χ1n) is 9.07. The number of hydrogen-bond acceptors (Lipinski definition) is 5. The largest absolute Gasteiger partial charge is 0.484 e. The highest BCUT2D eigenvalue weighted by atomic mass is 35.5. The third-order valence-corrected chi connectivity index (χ3v) is 3.80. The minimum atomic E-state index is -0.856. The number of halogens is 1. The van der Waals surface area contributed by atoms with E-state index in [-0.39, 0.29) is 12.5 Å². The van der Waals surface area contributed by atoms with E-state index in [9.17, 15) is 14.4 Å². The number of nitrogens with one attached hydrogen (secondary N) is 3. The lowest BCUT2D eigenvalue weighted by Crippen LogP contribution is -2.47. The van der Waals surface area contributed by atoms with Crippen LogP contribution in [0.1, 0.15) is 26.3 Å². The Morgan fingerprint density at radius 2 is 1.70 bits per heavy atom. The molecular weight excluding hydrogens is 408 g/mol. The summed E-state index contributed by atoms with van der Waals surface area (Å²) in [6.07, 6.45) is 1.39. The topological polar surface area (TPSA) is 109 Å². The van der Waals surface area contributed by atoms with Gasteiger partial charge in [0.1, 0.15) is 5.75 Å². The molecule has 0 aromatic heterocycles. The van der Waals surface area contributed by atoms with Crippen LogP contribution in [0.2, 0.25) is 5.02 Å². The van der Waals surface area contributed by atoms with Crippen LogP contribution in [-0.4, -0.2) is 36.1 Å². The Morgan fingerprint density at radius 1 is 1.03 bits per heavy atom. The zero-order chi connectivity index (χ0) is 22.1. The Bertz CT molecular complexity index is 937. The van der Waals surface area contributed by atoms with E-state index in [0.717, 1.165) is 0 Å². The van der Waals surface area contributed by atoms with E-state index in [1.54, 1.807) is 69.3 Å². The summed E-state index contributed by atoms with van der Waals surface area (Å²) in [5, 5.41) is 9.39. The fourth-order valence-electron chi connectivity index (χ4n) is 2.16. The molecule has 3 amide bonds. The van der Waals surface area contributed by atoms with Crippen LogP contribution in [0.4, 0.5) is 5.69 Å². The molecule has 0 aliphatic heterocycles. The van der Waals surface area contributed by atoms with Crippen molar-refractivity contribution in [1.82, 2.24) is 10.7 Å². The Kier molecular flexibility index (Phi) is 7.94. The van der Waals surface area contributed by atoms with Gasteiger partial charge in [0, 0.05) is 5.54 Å². The lowest BCUT2D eigenvalue weighted by atomic mass is 10.1. The number of anilines is 1. The molecule has 0 saturated carbocycles. The highest BCUT2D eigenvalue weighted by molar-refractivity contribution is 6.35. The number of amides is 3. The third-order valence-electron chi connectivity index (χ3n) is 3.47. The molecule has 0 unspecified atom stereocenters. The van der Waals surface area contributed by atoms with E-state index in [2.05, 4.69) is 21.2 Å². The number of benzene rings is 2. The number of hydrogen-bond donors (Lipinski definition) is 3. The van der Waals surface area contributed by atoms with Crippen molar-refractivity contribution in [3.8, 4) is 5.75 Å². The van der Waals surface area contributed by atoms with Gasteiger partial charge in [-0.25, -0.2) is 5.43 Å². The van der Waals surface area contributed by atoms with Gasteiger partial charge in [0.05, 0.1) is 16.9 Å². The van der Waals surface area contributed by atoms with Crippen LogP contribution in [0.5, 0.6) is 5.75 Å². The molecule has 30 heavy (non-hydrogen) atoms. The summed E-state index contributed by atoms with van der Waals surface area (Å²) in [6.45, 7) is 5.13. The maximum atomic E-state index is 12.0. The number of carbonyl (C=O) groups excluding carboxylic acids is 3. The number of hydrazone groups is 1. The Hall–Kier alpha value is -3.39. The molecule has 2 rings (SSSR count). The van der Waals surface area contributed by atoms with Gasteiger partial charge in [0.2, 0.25) is 0 Å². The normalized spacial score (nSPS) is 11.1. The first-order valence-corrected chi connectivity index (χ1v) is 9.44. The van der Waals surface area contributed by atoms with Gasteiger partial charge in [0.25, 0.3) is 5.91 Å². The van der Waals surface area contributed by atoms with Gasteiger partial charge in [0.15, 0.2) is 6.61 Å². The van der Waals surface area contributed by atoms with Crippen LogP contribution < -0.4 is 20.8 Å². The standard InChI is InChI=1S/C21H23ClN4O4/c1-21(2,3)25-19(28)20(29)26-23-12-14-8-10-15(11-9-14)30-13-18(27)24-17-7-5-4-6-16(17)22/h4-12H,13H2,1-3H3,(H,24,27)(H,25,28)(H,26,29)/b23-12-. The molecule has 158 valence electrons. The molecule has 8 nitrogen and oxygen atoms in total. The van der Waals surface area contributed by atoms with E-state index in [0.29, 0.717) is 22.0 Å². The highest BCUT2D eigenvalue weighted by Crippen LogP contribution is 2.20. The second kappa shape index (κ2) is 10.4. The zero-order valence-corrected chi connectivity index (χ0v) is 17.6. The van der Waals surface area contributed by atoms with E-state index < -0.39 is 17.4 Å². The van der Waals surface area contributed by atoms with Crippen LogP contribution in [0.3, 0.4) is 0 Å². The number of carbonyl (C=O) groups is 3. The molecule has 3 N–H and O–H groups in total. The van der Waals surface area contributed by atoms with Gasteiger partial charge >= 0.3 is 11.8 Å². The van der Waals surface area contributed by atoms with Crippen LogP contribution in [0.15, 0.2) is 53.6 Å². The van der Waals surface area contributed by atoms with Crippen LogP contribution in [0.25, 0.3) is 0 Å². The number of nitrogens with zero attached hydrogens (tertiary/aromatic N) is 1. The maximum absolute atomic E-state index is 12.0. The number of ether oxygens (including phenoxy) is 1. The molecule has 9 heteroatoms. The van der Waals surface area contributed by atoms with Crippen molar-refractivity contribution in [3.05, 3.63) is 59.1 Å². The molecule has 0 heterocycles. The molecule has 0 aliphatic rings. The van der Waals surface area contributed by atoms with Crippen molar-refractivity contribution in [1.29, 1.82) is 0 Å². The lowest BCUT2D eigenvalue weighted by Gasteiger charge is -2.19. The molecule has 0 saturated heterocycles. The van der Waals surface area contributed by atoms with Crippen molar-refractivity contribution in [2.24, 2.45) is 5.10 Å².